The van der Waals surface area contributed by atoms with E-state index in [1.54, 1.807) is 49.4 Å². The SMILES string of the molecule is CCCCN(C(=O)CS(=O)(=O)c1cccc(C)c1)c1cc(O)c(NC(=O)c2ccccc2)cc1Cl. The van der Waals surface area contributed by atoms with Crippen LogP contribution in [0.2, 0.25) is 5.02 Å². The van der Waals surface area contributed by atoms with Crippen LogP contribution in [-0.4, -0.2) is 37.6 Å². The molecule has 0 fully saturated rings. The molecule has 0 saturated carbocycles. The number of phenols is 1. The summed E-state index contributed by atoms with van der Waals surface area (Å²) in [5, 5.41) is 13.3. The summed E-state index contributed by atoms with van der Waals surface area (Å²) in [6.07, 6.45) is 1.35. The van der Waals surface area contributed by atoms with Crippen molar-refractivity contribution in [2.24, 2.45) is 0 Å². The molecule has 0 spiro atoms. The lowest BCUT2D eigenvalue weighted by Gasteiger charge is -2.25. The fourth-order valence-corrected chi connectivity index (χ4v) is 5.03. The highest BCUT2D eigenvalue weighted by molar-refractivity contribution is 7.92. The van der Waals surface area contributed by atoms with E-state index in [2.05, 4.69) is 5.32 Å². The highest BCUT2D eigenvalue weighted by Gasteiger charge is 2.26. The first-order valence-electron chi connectivity index (χ1n) is 11.1. The Morgan fingerprint density at radius 2 is 1.74 bits per heavy atom. The van der Waals surface area contributed by atoms with Gasteiger partial charge >= 0.3 is 0 Å². The molecule has 0 radical (unpaired) electrons. The van der Waals surface area contributed by atoms with E-state index in [9.17, 15) is 23.1 Å². The van der Waals surface area contributed by atoms with Crippen LogP contribution in [0.15, 0.2) is 71.6 Å². The number of unbranched alkanes of at least 4 members (excludes halogenated alkanes) is 1. The summed E-state index contributed by atoms with van der Waals surface area (Å²) in [4.78, 5) is 27.0. The number of rotatable bonds is 9. The molecule has 0 aliphatic heterocycles. The second-order valence-corrected chi connectivity index (χ2v) is 10.5. The van der Waals surface area contributed by atoms with Crippen molar-refractivity contribution in [2.45, 2.75) is 31.6 Å². The smallest absolute Gasteiger partial charge is 0.255 e. The molecule has 7 nitrogen and oxygen atoms in total. The Bertz CT molecular complexity index is 1330. The van der Waals surface area contributed by atoms with Crippen LogP contribution in [0.4, 0.5) is 11.4 Å². The van der Waals surface area contributed by atoms with E-state index in [0.717, 1.165) is 12.0 Å². The van der Waals surface area contributed by atoms with Crippen molar-refractivity contribution in [1.29, 1.82) is 0 Å². The summed E-state index contributed by atoms with van der Waals surface area (Å²) in [6.45, 7) is 3.93. The van der Waals surface area contributed by atoms with Gasteiger partial charge in [-0.25, -0.2) is 8.42 Å². The van der Waals surface area contributed by atoms with Gasteiger partial charge in [0.2, 0.25) is 5.91 Å². The maximum atomic E-state index is 13.2. The molecule has 0 saturated heterocycles. The van der Waals surface area contributed by atoms with Crippen molar-refractivity contribution in [1.82, 2.24) is 0 Å². The third-order valence-corrected chi connectivity index (χ3v) is 7.24. The zero-order valence-corrected chi connectivity index (χ0v) is 21.1. The van der Waals surface area contributed by atoms with Crippen LogP contribution in [0.5, 0.6) is 5.75 Å². The number of anilines is 2. The first kappa shape index (κ1) is 26.2. The number of hydrogen-bond donors (Lipinski definition) is 2. The number of aryl methyl sites for hydroxylation is 1. The van der Waals surface area contributed by atoms with E-state index in [1.807, 2.05) is 6.92 Å². The zero-order chi connectivity index (χ0) is 25.6. The lowest BCUT2D eigenvalue weighted by atomic mass is 10.2. The molecule has 3 rings (SSSR count). The van der Waals surface area contributed by atoms with E-state index in [0.29, 0.717) is 12.0 Å². The van der Waals surface area contributed by atoms with Crippen molar-refractivity contribution < 1.29 is 23.1 Å². The average Bonchev–Trinajstić information content (AvgIpc) is 2.82. The van der Waals surface area contributed by atoms with Gasteiger partial charge in [-0.15, -0.1) is 0 Å². The van der Waals surface area contributed by atoms with Gasteiger partial charge in [-0.05, 0) is 49.2 Å². The number of carbonyl (C=O) groups excluding carboxylic acids is 2. The molecule has 3 aromatic carbocycles. The van der Waals surface area contributed by atoms with E-state index in [-0.39, 0.29) is 33.6 Å². The van der Waals surface area contributed by atoms with Crippen LogP contribution >= 0.6 is 11.6 Å². The average molecular weight is 515 g/mol. The Morgan fingerprint density at radius 1 is 1.03 bits per heavy atom. The third kappa shape index (κ3) is 6.61. The van der Waals surface area contributed by atoms with Crippen molar-refractivity contribution in [3.05, 3.63) is 82.9 Å². The molecule has 2 amide bonds. The number of phenolic OH excluding ortho intramolecular Hbond substituents is 1. The number of benzene rings is 3. The van der Waals surface area contributed by atoms with Crippen LogP contribution in [-0.2, 0) is 14.6 Å². The van der Waals surface area contributed by atoms with Gasteiger partial charge in [0.15, 0.2) is 9.84 Å². The van der Waals surface area contributed by atoms with Gasteiger partial charge in [-0.1, -0.05) is 55.3 Å². The minimum atomic E-state index is -3.89. The normalized spacial score (nSPS) is 11.2. The molecule has 2 N–H and O–H groups in total. The van der Waals surface area contributed by atoms with Crippen molar-refractivity contribution >= 4 is 44.6 Å². The molecule has 0 unspecified atom stereocenters. The van der Waals surface area contributed by atoms with Gasteiger partial charge in [-0.3, -0.25) is 9.59 Å². The second kappa shape index (κ2) is 11.4. The molecule has 184 valence electrons. The Balaban J connectivity index is 1.88. The number of carbonyl (C=O) groups is 2. The van der Waals surface area contributed by atoms with Crippen LogP contribution in [0.1, 0.15) is 35.7 Å². The largest absolute Gasteiger partial charge is 0.506 e. The standard InChI is InChI=1S/C26H27ClN2O5S/c1-3-4-13-29(25(31)17-35(33,34)20-12-8-9-18(2)14-20)23-16-24(30)22(15-21(23)27)28-26(32)19-10-6-5-7-11-19/h5-12,14-16,30H,3-4,13,17H2,1-2H3,(H,28,32). The van der Waals surface area contributed by atoms with Gasteiger partial charge < -0.3 is 15.3 Å². The Labute approximate surface area is 210 Å². The Hall–Kier alpha value is -3.36. The van der Waals surface area contributed by atoms with E-state index < -0.39 is 27.4 Å². The van der Waals surface area contributed by atoms with Gasteiger partial charge in [0, 0.05) is 18.2 Å². The zero-order valence-electron chi connectivity index (χ0n) is 19.5. The quantitative estimate of drug-likeness (QED) is 0.381. The molecule has 0 aliphatic carbocycles. The summed E-state index contributed by atoms with van der Waals surface area (Å²) in [7, 11) is -3.89. The van der Waals surface area contributed by atoms with Crippen LogP contribution in [0, 0.1) is 6.92 Å². The number of nitrogens with zero attached hydrogens (tertiary/aromatic N) is 1. The molecule has 0 aliphatic rings. The molecular formula is C26H27ClN2O5S. The van der Waals surface area contributed by atoms with E-state index in [1.165, 1.54) is 29.2 Å². The molecule has 0 aromatic heterocycles. The molecular weight excluding hydrogens is 488 g/mol. The van der Waals surface area contributed by atoms with E-state index in [4.69, 9.17) is 11.6 Å². The summed E-state index contributed by atoms with van der Waals surface area (Å²) in [6, 6.07) is 17.4. The molecule has 0 heterocycles. The molecule has 0 atom stereocenters. The van der Waals surface area contributed by atoms with Gasteiger partial charge in [0.1, 0.15) is 11.5 Å². The van der Waals surface area contributed by atoms with Crippen molar-refractivity contribution in [2.75, 3.05) is 22.5 Å². The van der Waals surface area contributed by atoms with Gasteiger partial charge in [0.25, 0.3) is 5.91 Å². The Kier molecular flexibility index (Phi) is 8.53. The van der Waals surface area contributed by atoms with Crippen LogP contribution < -0.4 is 10.2 Å². The maximum absolute atomic E-state index is 13.2. The number of halogens is 1. The van der Waals surface area contributed by atoms with Gasteiger partial charge in [0.05, 0.1) is 21.3 Å². The number of sulfone groups is 1. The first-order chi connectivity index (χ1) is 16.6. The van der Waals surface area contributed by atoms with Gasteiger partial charge in [-0.2, -0.15) is 0 Å². The predicted molar refractivity (Wildman–Crippen MR) is 138 cm³/mol. The predicted octanol–water partition coefficient (Wildman–Crippen LogP) is 5.21. The summed E-state index contributed by atoms with van der Waals surface area (Å²) in [5.74, 6) is -2.15. The number of aromatic hydroxyl groups is 1. The maximum Gasteiger partial charge on any atom is 0.255 e. The molecule has 9 heteroatoms. The van der Waals surface area contributed by atoms with Crippen LogP contribution in [0.25, 0.3) is 0 Å². The first-order valence-corrected chi connectivity index (χ1v) is 13.1. The summed E-state index contributed by atoms with van der Waals surface area (Å²) in [5.41, 5.74) is 1.40. The number of amides is 2. The molecule has 0 bridgehead atoms. The summed E-state index contributed by atoms with van der Waals surface area (Å²) >= 11 is 6.45. The fraction of sp³-hybridized carbons (Fsp3) is 0.231. The molecule has 3 aromatic rings. The van der Waals surface area contributed by atoms with Crippen molar-refractivity contribution in [3.8, 4) is 5.75 Å². The minimum Gasteiger partial charge on any atom is -0.506 e. The number of hydrogen-bond acceptors (Lipinski definition) is 5. The van der Waals surface area contributed by atoms with Crippen molar-refractivity contribution in [3.63, 3.8) is 0 Å². The second-order valence-electron chi connectivity index (χ2n) is 8.12. The lowest BCUT2D eigenvalue weighted by Crippen LogP contribution is -2.37. The fourth-order valence-electron chi connectivity index (χ4n) is 3.47. The Morgan fingerprint density at radius 3 is 2.40 bits per heavy atom. The summed E-state index contributed by atoms with van der Waals surface area (Å²) < 4.78 is 25.8. The highest BCUT2D eigenvalue weighted by Crippen LogP contribution is 2.37. The lowest BCUT2D eigenvalue weighted by molar-refractivity contribution is -0.116. The third-order valence-electron chi connectivity index (χ3n) is 5.34. The number of nitrogens with one attached hydrogen (secondary N) is 1. The minimum absolute atomic E-state index is 0.0641. The van der Waals surface area contributed by atoms with E-state index >= 15 is 0 Å². The monoisotopic (exact) mass is 514 g/mol. The van der Waals surface area contributed by atoms with Crippen LogP contribution in [0.3, 0.4) is 0 Å². The highest BCUT2D eigenvalue weighted by atomic mass is 35.5. The topological polar surface area (TPSA) is 104 Å². The molecule has 35 heavy (non-hydrogen) atoms.